The maximum absolute atomic E-state index is 4.21. The summed E-state index contributed by atoms with van der Waals surface area (Å²) in [6, 6.07) is 0. The minimum atomic E-state index is 0.884. The molecule has 0 atom stereocenters. The maximum Gasteiger partial charge on any atom is 0.153 e. The van der Waals surface area contributed by atoms with Gasteiger partial charge in [-0.05, 0) is 12.6 Å². The molecule has 0 aromatic carbocycles. The number of rotatable bonds is 3. The molecule has 1 rings (SSSR count). The van der Waals surface area contributed by atoms with Gasteiger partial charge in [0, 0.05) is 19.4 Å². The van der Waals surface area contributed by atoms with Crippen molar-refractivity contribution >= 4 is 5.82 Å². The van der Waals surface area contributed by atoms with Crippen LogP contribution in [0.15, 0.2) is 25.2 Å². The van der Waals surface area contributed by atoms with Gasteiger partial charge in [0.2, 0.25) is 0 Å². The topological polar surface area (TPSA) is 29.0 Å². The Morgan fingerprint density at radius 3 is 2.75 bits per heavy atom. The molecule has 0 saturated carbocycles. The number of aromatic nitrogens is 2. The Kier molecular flexibility index (Phi) is 2.80. The summed E-state index contributed by atoms with van der Waals surface area (Å²) in [6.45, 7) is 5.73. The summed E-state index contributed by atoms with van der Waals surface area (Å²) in [6.07, 6.45) is 6.01. The van der Waals surface area contributed by atoms with Crippen molar-refractivity contribution in [3.63, 3.8) is 0 Å². The van der Waals surface area contributed by atoms with Crippen LogP contribution in [0.3, 0.4) is 0 Å². The molecule has 0 aliphatic heterocycles. The number of nitrogens with zero attached hydrogens (tertiary/aromatic N) is 3. The van der Waals surface area contributed by atoms with E-state index in [4.69, 9.17) is 0 Å². The van der Waals surface area contributed by atoms with Crippen LogP contribution in [0, 0.1) is 0 Å². The van der Waals surface area contributed by atoms with Gasteiger partial charge in [-0.1, -0.05) is 13.5 Å². The van der Waals surface area contributed by atoms with E-state index in [-0.39, 0.29) is 0 Å². The molecule has 0 unspecified atom stereocenters. The quantitative estimate of drug-likeness (QED) is 0.678. The van der Waals surface area contributed by atoms with Gasteiger partial charge in [-0.15, -0.1) is 0 Å². The predicted molar refractivity (Wildman–Crippen MR) is 50.0 cm³/mol. The molecule has 0 fully saturated rings. The zero-order chi connectivity index (χ0) is 8.97. The van der Waals surface area contributed by atoms with E-state index in [0.717, 1.165) is 17.9 Å². The van der Waals surface area contributed by atoms with Gasteiger partial charge in [0.25, 0.3) is 0 Å². The molecule has 0 amide bonds. The van der Waals surface area contributed by atoms with Crippen molar-refractivity contribution in [1.82, 2.24) is 9.97 Å². The molecule has 0 radical (unpaired) electrons. The van der Waals surface area contributed by atoms with Gasteiger partial charge in [-0.2, -0.15) is 0 Å². The van der Waals surface area contributed by atoms with Crippen LogP contribution in [0.4, 0.5) is 5.82 Å². The number of hydrogen-bond acceptors (Lipinski definition) is 3. The highest BCUT2D eigenvalue weighted by Gasteiger charge is 2.04. The molecule has 3 heteroatoms. The number of anilines is 1. The van der Waals surface area contributed by atoms with E-state index in [0.29, 0.717) is 0 Å². The minimum absolute atomic E-state index is 0.884. The smallest absolute Gasteiger partial charge is 0.153 e. The van der Waals surface area contributed by atoms with Crippen molar-refractivity contribution in [2.75, 3.05) is 11.9 Å². The lowest BCUT2D eigenvalue weighted by Gasteiger charge is -2.14. The van der Waals surface area contributed by atoms with Crippen molar-refractivity contribution in [3.8, 4) is 0 Å². The molecule has 0 saturated heterocycles. The van der Waals surface area contributed by atoms with E-state index in [2.05, 4.69) is 23.5 Å². The summed E-state index contributed by atoms with van der Waals surface area (Å²) in [5, 5.41) is 0. The van der Waals surface area contributed by atoms with Gasteiger partial charge in [0.05, 0.1) is 5.69 Å². The minimum Gasteiger partial charge on any atom is -0.335 e. The van der Waals surface area contributed by atoms with Crippen molar-refractivity contribution in [3.05, 3.63) is 30.9 Å². The Labute approximate surface area is 72.8 Å². The summed E-state index contributed by atoms with van der Waals surface area (Å²) in [4.78, 5) is 10.3. The summed E-state index contributed by atoms with van der Waals surface area (Å²) in [7, 11) is 1.91. The second-order valence-corrected chi connectivity index (χ2v) is 2.47. The highest BCUT2D eigenvalue weighted by molar-refractivity contribution is 5.44. The van der Waals surface area contributed by atoms with Gasteiger partial charge >= 0.3 is 0 Å². The van der Waals surface area contributed by atoms with Crippen LogP contribution in [0.5, 0.6) is 0 Å². The Morgan fingerprint density at radius 1 is 1.50 bits per heavy atom. The average Bonchev–Trinajstić information content (AvgIpc) is 2.16. The molecule has 12 heavy (non-hydrogen) atoms. The van der Waals surface area contributed by atoms with E-state index in [1.807, 2.05) is 11.9 Å². The van der Waals surface area contributed by atoms with Crippen LogP contribution < -0.4 is 4.90 Å². The highest BCUT2D eigenvalue weighted by Crippen LogP contribution is 2.12. The van der Waals surface area contributed by atoms with E-state index in [9.17, 15) is 0 Å². The first kappa shape index (κ1) is 8.71. The van der Waals surface area contributed by atoms with Gasteiger partial charge in [0.1, 0.15) is 0 Å². The summed E-state index contributed by atoms with van der Waals surface area (Å²) >= 11 is 0. The van der Waals surface area contributed by atoms with Crippen LogP contribution in [0.2, 0.25) is 0 Å². The van der Waals surface area contributed by atoms with Crippen molar-refractivity contribution in [1.29, 1.82) is 0 Å². The normalized spacial score (nSPS) is 9.50. The molecule has 0 aliphatic carbocycles. The first-order chi connectivity index (χ1) is 5.79. The molecule has 0 N–H and O–H groups in total. The third-order valence-electron chi connectivity index (χ3n) is 1.69. The first-order valence-electron chi connectivity index (χ1n) is 3.94. The van der Waals surface area contributed by atoms with E-state index < -0.39 is 0 Å². The van der Waals surface area contributed by atoms with Gasteiger partial charge in [-0.3, -0.25) is 4.98 Å². The average molecular weight is 163 g/mol. The Morgan fingerprint density at radius 2 is 2.17 bits per heavy atom. The molecule has 1 aromatic rings. The molecular weight excluding hydrogens is 150 g/mol. The van der Waals surface area contributed by atoms with Crippen LogP contribution >= 0.6 is 0 Å². The third kappa shape index (κ3) is 1.61. The molecule has 0 aliphatic rings. The van der Waals surface area contributed by atoms with E-state index in [1.165, 1.54) is 0 Å². The Balaban J connectivity index is 3.04. The lowest BCUT2D eigenvalue weighted by atomic mass is 10.3. The van der Waals surface area contributed by atoms with Gasteiger partial charge in [0.15, 0.2) is 5.82 Å². The fraction of sp³-hybridized carbons (Fsp3) is 0.333. The van der Waals surface area contributed by atoms with Crippen LogP contribution in [0.1, 0.15) is 12.6 Å². The zero-order valence-corrected chi connectivity index (χ0v) is 7.49. The Bertz CT molecular complexity index is 270. The molecule has 64 valence electrons. The largest absolute Gasteiger partial charge is 0.335 e. The van der Waals surface area contributed by atoms with E-state index in [1.54, 1.807) is 18.6 Å². The zero-order valence-electron chi connectivity index (χ0n) is 7.49. The molecule has 1 aromatic heterocycles. The highest BCUT2D eigenvalue weighted by atomic mass is 15.2. The second-order valence-electron chi connectivity index (χ2n) is 2.47. The predicted octanol–water partition coefficient (Wildman–Crippen LogP) is 1.62. The summed E-state index contributed by atoms with van der Waals surface area (Å²) < 4.78 is 0. The Hall–Kier alpha value is -1.38. The van der Waals surface area contributed by atoms with Crippen LogP contribution in [-0.4, -0.2) is 17.0 Å². The van der Waals surface area contributed by atoms with Crippen molar-refractivity contribution in [2.24, 2.45) is 0 Å². The summed E-state index contributed by atoms with van der Waals surface area (Å²) in [5.41, 5.74) is 1.000. The standard InChI is InChI=1S/C9H13N3/c1-4-8-9(12(3)5-2)11-7-6-10-8/h5-7H,2,4H2,1,3H3. The molecular formula is C9H13N3. The van der Waals surface area contributed by atoms with Gasteiger partial charge < -0.3 is 4.90 Å². The second kappa shape index (κ2) is 3.85. The fourth-order valence-electron chi connectivity index (χ4n) is 0.990. The molecule has 0 spiro atoms. The number of hydrogen-bond donors (Lipinski definition) is 0. The fourth-order valence-corrected chi connectivity index (χ4v) is 0.990. The molecule has 3 nitrogen and oxygen atoms in total. The molecule has 1 heterocycles. The summed E-state index contributed by atoms with van der Waals surface area (Å²) in [5.74, 6) is 0.884. The lowest BCUT2D eigenvalue weighted by molar-refractivity contribution is 0.965. The van der Waals surface area contributed by atoms with Crippen LogP contribution in [-0.2, 0) is 6.42 Å². The van der Waals surface area contributed by atoms with Gasteiger partial charge in [-0.25, -0.2) is 4.98 Å². The molecule has 0 bridgehead atoms. The first-order valence-corrected chi connectivity index (χ1v) is 3.94. The SMILES string of the molecule is C=CN(C)c1nccnc1CC. The van der Waals surface area contributed by atoms with Crippen molar-refractivity contribution < 1.29 is 0 Å². The monoisotopic (exact) mass is 163 g/mol. The number of aryl methyl sites for hydroxylation is 1. The van der Waals surface area contributed by atoms with Crippen LogP contribution in [0.25, 0.3) is 0 Å². The maximum atomic E-state index is 4.21. The lowest BCUT2D eigenvalue weighted by Crippen LogP contribution is -2.12. The van der Waals surface area contributed by atoms with Crippen molar-refractivity contribution in [2.45, 2.75) is 13.3 Å². The van der Waals surface area contributed by atoms with E-state index >= 15 is 0 Å². The third-order valence-corrected chi connectivity index (χ3v) is 1.69.